The molecule has 0 aliphatic carbocycles. The van der Waals surface area contributed by atoms with Crippen LogP contribution >= 0.6 is 0 Å². The molecular weight excluding hydrogens is 284 g/mol. The van der Waals surface area contributed by atoms with E-state index in [1.54, 1.807) is 25.2 Å². The van der Waals surface area contributed by atoms with E-state index in [4.69, 9.17) is 5.73 Å². The SMILES string of the molecule is Cc1cccc(CN(C)S(=O)(=O)c2ccc(C)cc2N)c1. The van der Waals surface area contributed by atoms with Gasteiger partial charge in [-0.25, -0.2) is 8.42 Å². The zero-order valence-corrected chi connectivity index (χ0v) is 13.3. The Morgan fingerprint density at radius 1 is 1.05 bits per heavy atom. The van der Waals surface area contributed by atoms with Gasteiger partial charge in [0.2, 0.25) is 10.0 Å². The fourth-order valence-corrected chi connectivity index (χ4v) is 3.47. The Labute approximate surface area is 126 Å². The molecule has 0 amide bonds. The van der Waals surface area contributed by atoms with Crippen LogP contribution in [0.2, 0.25) is 0 Å². The normalized spacial score (nSPS) is 11.8. The third-order valence-electron chi connectivity index (χ3n) is 3.34. The van der Waals surface area contributed by atoms with Gasteiger partial charge in [0.25, 0.3) is 0 Å². The summed E-state index contributed by atoms with van der Waals surface area (Å²) in [6, 6.07) is 12.8. The summed E-state index contributed by atoms with van der Waals surface area (Å²) in [4.78, 5) is 0.156. The average molecular weight is 304 g/mol. The van der Waals surface area contributed by atoms with Crippen molar-refractivity contribution in [1.82, 2.24) is 4.31 Å². The van der Waals surface area contributed by atoms with Gasteiger partial charge in [0.15, 0.2) is 0 Å². The Kier molecular flexibility index (Phi) is 4.34. The molecule has 2 N–H and O–H groups in total. The highest BCUT2D eigenvalue weighted by Gasteiger charge is 2.23. The lowest BCUT2D eigenvalue weighted by atomic mass is 10.1. The number of benzene rings is 2. The molecule has 0 atom stereocenters. The van der Waals surface area contributed by atoms with Gasteiger partial charge in [-0.1, -0.05) is 35.9 Å². The standard InChI is InChI=1S/C16H20N2O2S/c1-12-5-4-6-14(9-12)11-18(3)21(19,20)16-8-7-13(2)10-15(16)17/h4-10H,11,17H2,1-3H3. The van der Waals surface area contributed by atoms with Crippen molar-refractivity contribution in [1.29, 1.82) is 0 Å². The fourth-order valence-electron chi connectivity index (χ4n) is 2.22. The molecule has 0 saturated carbocycles. The molecule has 5 heteroatoms. The Hall–Kier alpha value is -1.85. The Morgan fingerprint density at radius 2 is 1.71 bits per heavy atom. The summed E-state index contributed by atoms with van der Waals surface area (Å²) >= 11 is 0. The van der Waals surface area contributed by atoms with Crippen LogP contribution in [-0.4, -0.2) is 19.8 Å². The van der Waals surface area contributed by atoms with E-state index in [2.05, 4.69) is 0 Å². The van der Waals surface area contributed by atoms with Crippen LogP contribution in [0.3, 0.4) is 0 Å². The molecule has 0 unspecified atom stereocenters. The second-order valence-corrected chi connectivity index (χ2v) is 7.30. The van der Waals surface area contributed by atoms with Crippen LogP contribution in [0.4, 0.5) is 5.69 Å². The van der Waals surface area contributed by atoms with Gasteiger partial charge >= 0.3 is 0 Å². The summed E-state index contributed by atoms with van der Waals surface area (Å²) in [5.41, 5.74) is 9.13. The first-order valence-corrected chi connectivity index (χ1v) is 8.13. The van der Waals surface area contributed by atoms with Crippen molar-refractivity contribution in [3.05, 3.63) is 59.2 Å². The van der Waals surface area contributed by atoms with E-state index in [0.29, 0.717) is 6.54 Å². The number of hydrogen-bond donors (Lipinski definition) is 1. The number of nitrogens with two attached hydrogens (primary N) is 1. The Bertz CT molecular complexity index is 755. The molecule has 0 aliphatic heterocycles. The lowest BCUT2D eigenvalue weighted by Gasteiger charge is -2.19. The van der Waals surface area contributed by atoms with Gasteiger partial charge in [0, 0.05) is 13.6 Å². The van der Waals surface area contributed by atoms with Gasteiger partial charge in [-0.15, -0.1) is 0 Å². The minimum Gasteiger partial charge on any atom is -0.398 e. The lowest BCUT2D eigenvalue weighted by Crippen LogP contribution is -2.27. The van der Waals surface area contributed by atoms with Crippen molar-refractivity contribution < 1.29 is 8.42 Å². The molecule has 2 aromatic rings. The largest absolute Gasteiger partial charge is 0.398 e. The average Bonchev–Trinajstić information content (AvgIpc) is 2.38. The lowest BCUT2D eigenvalue weighted by molar-refractivity contribution is 0.467. The third-order valence-corrected chi connectivity index (χ3v) is 5.22. The van der Waals surface area contributed by atoms with Gasteiger partial charge in [-0.2, -0.15) is 4.31 Å². The maximum absolute atomic E-state index is 12.6. The maximum Gasteiger partial charge on any atom is 0.245 e. The molecule has 0 aromatic heterocycles. The van der Waals surface area contributed by atoms with Crippen molar-refractivity contribution >= 4 is 15.7 Å². The molecule has 112 valence electrons. The van der Waals surface area contributed by atoms with Crippen LogP contribution in [0.25, 0.3) is 0 Å². The molecular formula is C16H20N2O2S. The summed E-state index contributed by atoms with van der Waals surface area (Å²) < 4.78 is 26.5. The first-order chi connectivity index (χ1) is 9.80. The molecule has 21 heavy (non-hydrogen) atoms. The van der Waals surface area contributed by atoms with Crippen LogP contribution in [-0.2, 0) is 16.6 Å². The van der Waals surface area contributed by atoms with Crippen LogP contribution in [0.1, 0.15) is 16.7 Å². The summed E-state index contributed by atoms with van der Waals surface area (Å²) in [5.74, 6) is 0. The van der Waals surface area contributed by atoms with Crippen LogP contribution < -0.4 is 5.73 Å². The first kappa shape index (κ1) is 15.5. The van der Waals surface area contributed by atoms with Crippen molar-refractivity contribution in [2.24, 2.45) is 0 Å². The van der Waals surface area contributed by atoms with Crippen molar-refractivity contribution in [2.75, 3.05) is 12.8 Å². The molecule has 0 radical (unpaired) electrons. The quantitative estimate of drug-likeness (QED) is 0.883. The van der Waals surface area contributed by atoms with E-state index >= 15 is 0 Å². The van der Waals surface area contributed by atoms with E-state index in [0.717, 1.165) is 16.7 Å². The van der Waals surface area contributed by atoms with E-state index in [1.165, 1.54) is 4.31 Å². The van der Waals surface area contributed by atoms with Crippen molar-refractivity contribution in [3.8, 4) is 0 Å². The molecule has 2 rings (SSSR count). The summed E-state index contributed by atoms with van der Waals surface area (Å²) in [6.45, 7) is 4.18. The first-order valence-electron chi connectivity index (χ1n) is 6.69. The Balaban J connectivity index is 2.30. The van der Waals surface area contributed by atoms with E-state index in [1.807, 2.05) is 38.1 Å². The second-order valence-electron chi connectivity index (χ2n) is 5.29. The summed E-state index contributed by atoms with van der Waals surface area (Å²) in [5, 5.41) is 0. The Morgan fingerprint density at radius 3 is 2.33 bits per heavy atom. The molecule has 4 nitrogen and oxygen atoms in total. The zero-order valence-electron chi connectivity index (χ0n) is 12.5. The highest BCUT2D eigenvalue weighted by atomic mass is 32.2. The van der Waals surface area contributed by atoms with Gasteiger partial charge in [0.1, 0.15) is 4.90 Å². The molecule has 0 spiro atoms. The number of aryl methyl sites for hydroxylation is 2. The van der Waals surface area contributed by atoms with E-state index < -0.39 is 10.0 Å². The molecule has 0 fully saturated rings. The van der Waals surface area contributed by atoms with E-state index in [-0.39, 0.29) is 10.6 Å². The summed E-state index contributed by atoms with van der Waals surface area (Å²) in [7, 11) is -2.02. The number of hydrogen-bond acceptors (Lipinski definition) is 3. The predicted molar refractivity (Wildman–Crippen MR) is 85.4 cm³/mol. The minimum atomic E-state index is -3.59. The summed E-state index contributed by atoms with van der Waals surface area (Å²) in [6.07, 6.45) is 0. The smallest absolute Gasteiger partial charge is 0.245 e. The highest BCUT2D eigenvalue weighted by molar-refractivity contribution is 7.89. The highest BCUT2D eigenvalue weighted by Crippen LogP contribution is 2.23. The topological polar surface area (TPSA) is 63.4 Å². The van der Waals surface area contributed by atoms with Crippen molar-refractivity contribution in [2.45, 2.75) is 25.3 Å². The predicted octanol–water partition coefficient (Wildman–Crippen LogP) is 2.71. The molecule has 0 heterocycles. The van der Waals surface area contributed by atoms with Gasteiger partial charge in [0.05, 0.1) is 5.69 Å². The number of rotatable bonds is 4. The van der Waals surface area contributed by atoms with Gasteiger partial charge in [-0.3, -0.25) is 0 Å². The maximum atomic E-state index is 12.6. The van der Waals surface area contributed by atoms with Crippen LogP contribution in [0.15, 0.2) is 47.4 Å². The number of nitrogens with zero attached hydrogens (tertiary/aromatic N) is 1. The second kappa shape index (κ2) is 5.87. The molecule has 0 bridgehead atoms. The number of anilines is 1. The molecule has 0 saturated heterocycles. The van der Waals surface area contributed by atoms with E-state index in [9.17, 15) is 8.42 Å². The monoisotopic (exact) mass is 304 g/mol. The third kappa shape index (κ3) is 3.43. The van der Waals surface area contributed by atoms with Crippen LogP contribution in [0.5, 0.6) is 0 Å². The van der Waals surface area contributed by atoms with Crippen LogP contribution in [0, 0.1) is 13.8 Å². The molecule has 0 aliphatic rings. The van der Waals surface area contributed by atoms with Crippen molar-refractivity contribution in [3.63, 3.8) is 0 Å². The minimum absolute atomic E-state index is 0.156. The zero-order chi connectivity index (χ0) is 15.6. The number of nitrogen functional groups attached to an aromatic ring is 1. The molecule has 2 aromatic carbocycles. The van der Waals surface area contributed by atoms with Gasteiger partial charge < -0.3 is 5.73 Å². The fraction of sp³-hybridized carbons (Fsp3) is 0.250. The number of sulfonamides is 1. The van der Waals surface area contributed by atoms with Gasteiger partial charge in [-0.05, 0) is 37.1 Å².